The number of methoxy groups -OCH3 is 2. The summed E-state index contributed by atoms with van der Waals surface area (Å²) in [5, 5.41) is 0. The topological polar surface area (TPSA) is 102 Å². The third-order valence-electron chi connectivity index (χ3n) is 4.93. The highest BCUT2D eigenvalue weighted by Crippen LogP contribution is 2.32. The summed E-state index contributed by atoms with van der Waals surface area (Å²) in [7, 11) is -4.04. The van der Waals surface area contributed by atoms with E-state index < -0.39 is 20.0 Å². The summed E-state index contributed by atoms with van der Waals surface area (Å²) in [6.45, 7) is 2.05. The minimum atomic E-state index is -3.68. The Labute approximate surface area is 177 Å². The first-order valence-corrected chi connectivity index (χ1v) is 12.8. The van der Waals surface area contributed by atoms with Crippen molar-refractivity contribution in [2.75, 3.05) is 35.5 Å². The Morgan fingerprint density at radius 2 is 1.73 bits per heavy atom. The summed E-state index contributed by atoms with van der Waals surface area (Å²) in [4.78, 5) is 0. The molecular weight excluding hydrogens is 428 g/mol. The maximum Gasteiger partial charge on any atom is 0.236 e. The van der Waals surface area contributed by atoms with Gasteiger partial charge in [-0.1, -0.05) is 6.07 Å². The number of rotatable bonds is 8. The molecule has 0 bridgehead atoms. The van der Waals surface area contributed by atoms with Crippen molar-refractivity contribution in [3.63, 3.8) is 0 Å². The van der Waals surface area contributed by atoms with Gasteiger partial charge in [-0.25, -0.2) is 16.8 Å². The van der Waals surface area contributed by atoms with E-state index in [-0.39, 0.29) is 11.5 Å². The summed E-state index contributed by atoms with van der Waals surface area (Å²) in [6.07, 6.45) is 1.38. The van der Waals surface area contributed by atoms with E-state index in [9.17, 15) is 16.8 Å². The van der Waals surface area contributed by atoms with Gasteiger partial charge in [0.2, 0.25) is 20.0 Å². The normalized spacial score (nSPS) is 14.2. The van der Waals surface area contributed by atoms with Gasteiger partial charge in [-0.2, -0.15) is 0 Å². The number of hydrogen-bond donors (Lipinski definition) is 1. The lowest BCUT2D eigenvalue weighted by Gasteiger charge is -2.30. The molecule has 3 rings (SSSR count). The number of nitrogens with one attached hydrogen (secondary N) is 1. The van der Waals surface area contributed by atoms with Crippen molar-refractivity contribution in [3.05, 3.63) is 47.5 Å². The fraction of sp³-hybridized carbons (Fsp3) is 0.400. The maximum atomic E-state index is 12.7. The lowest BCUT2D eigenvalue weighted by atomic mass is 10.0. The number of anilines is 2. The van der Waals surface area contributed by atoms with Gasteiger partial charge in [0.1, 0.15) is 0 Å². The summed E-state index contributed by atoms with van der Waals surface area (Å²) >= 11 is 0. The summed E-state index contributed by atoms with van der Waals surface area (Å²) in [5.41, 5.74) is 2.39. The molecule has 2 aromatic rings. The predicted octanol–water partition coefficient (Wildman–Crippen LogP) is 2.75. The molecule has 0 saturated carbocycles. The Morgan fingerprint density at radius 3 is 2.40 bits per heavy atom. The molecule has 0 aliphatic carbocycles. The Hall–Kier alpha value is -2.46. The second-order valence-electron chi connectivity index (χ2n) is 6.97. The van der Waals surface area contributed by atoms with Gasteiger partial charge in [0.05, 0.1) is 31.4 Å². The van der Waals surface area contributed by atoms with Crippen molar-refractivity contribution >= 4 is 31.4 Å². The van der Waals surface area contributed by atoms with Crippen LogP contribution < -0.4 is 18.5 Å². The van der Waals surface area contributed by atoms with Crippen molar-refractivity contribution in [2.45, 2.75) is 25.5 Å². The number of hydrogen-bond acceptors (Lipinski definition) is 6. The second kappa shape index (κ2) is 8.73. The van der Waals surface area contributed by atoms with Crippen LogP contribution in [0.5, 0.6) is 11.5 Å². The number of nitrogens with zero attached hydrogens (tertiary/aromatic N) is 1. The zero-order valence-corrected chi connectivity index (χ0v) is 18.8. The second-order valence-corrected chi connectivity index (χ2v) is 10.9. The largest absolute Gasteiger partial charge is 0.493 e. The molecule has 1 N–H and O–H groups in total. The average molecular weight is 455 g/mol. The van der Waals surface area contributed by atoms with Crippen molar-refractivity contribution in [3.8, 4) is 11.5 Å². The monoisotopic (exact) mass is 454 g/mol. The molecule has 2 aromatic carbocycles. The van der Waals surface area contributed by atoms with E-state index in [0.717, 1.165) is 5.56 Å². The van der Waals surface area contributed by atoms with Crippen LogP contribution in [-0.2, 0) is 32.2 Å². The molecule has 0 fully saturated rings. The highest BCUT2D eigenvalue weighted by atomic mass is 32.2. The first-order chi connectivity index (χ1) is 14.2. The molecule has 1 aliphatic heterocycles. The van der Waals surface area contributed by atoms with Gasteiger partial charge in [0.25, 0.3) is 0 Å². The van der Waals surface area contributed by atoms with Crippen LogP contribution in [-0.4, -0.2) is 43.4 Å². The molecule has 0 amide bonds. The van der Waals surface area contributed by atoms with Crippen LogP contribution in [0.25, 0.3) is 0 Å². The van der Waals surface area contributed by atoms with E-state index in [0.29, 0.717) is 47.8 Å². The van der Waals surface area contributed by atoms with E-state index in [2.05, 4.69) is 4.72 Å². The van der Waals surface area contributed by atoms with Gasteiger partial charge in [-0.3, -0.25) is 9.03 Å². The Bertz CT molecular complexity index is 1130. The number of aryl methyl sites for hydroxylation is 1. The summed E-state index contributed by atoms with van der Waals surface area (Å²) < 4.78 is 64.4. The lowest BCUT2D eigenvalue weighted by Crippen LogP contribution is -2.36. The van der Waals surface area contributed by atoms with Crippen LogP contribution in [0.3, 0.4) is 0 Å². The standard InChI is InChI=1S/C20H26N2O6S2/c1-4-30(25,26)22-11-5-6-16-13-17(8-9-18(16)22)21-29(23,24)14-15-7-10-19(27-2)20(12-15)28-3/h7-10,12-13,21H,4-6,11,14H2,1-3H3. The fourth-order valence-corrected chi connectivity index (χ4v) is 5.85. The van der Waals surface area contributed by atoms with Gasteiger partial charge < -0.3 is 9.47 Å². The van der Waals surface area contributed by atoms with Crippen molar-refractivity contribution < 1.29 is 26.3 Å². The zero-order chi connectivity index (χ0) is 21.9. The summed E-state index contributed by atoms with van der Waals surface area (Å²) in [6, 6.07) is 9.91. The van der Waals surface area contributed by atoms with Crippen LogP contribution in [0, 0.1) is 0 Å². The predicted molar refractivity (Wildman–Crippen MR) is 117 cm³/mol. The van der Waals surface area contributed by atoms with Gasteiger partial charge in [-0.15, -0.1) is 0 Å². The Balaban J connectivity index is 1.81. The molecule has 0 spiro atoms. The minimum Gasteiger partial charge on any atom is -0.493 e. The number of fused-ring (bicyclic) bond motifs is 1. The molecule has 1 heterocycles. The minimum absolute atomic E-state index is 0.0200. The number of benzene rings is 2. The Kier molecular flexibility index (Phi) is 6.47. The highest BCUT2D eigenvalue weighted by Gasteiger charge is 2.26. The molecule has 8 nitrogen and oxygen atoms in total. The van der Waals surface area contributed by atoms with Gasteiger partial charge in [0.15, 0.2) is 11.5 Å². The maximum absolute atomic E-state index is 12.7. The molecule has 0 unspecified atom stereocenters. The van der Waals surface area contributed by atoms with Crippen molar-refractivity contribution in [1.82, 2.24) is 0 Å². The molecule has 0 saturated heterocycles. The van der Waals surface area contributed by atoms with Crippen LogP contribution >= 0.6 is 0 Å². The molecule has 30 heavy (non-hydrogen) atoms. The van der Waals surface area contributed by atoms with Crippen LogP contribution in [0.4, 0.5) is 11.4 Å². The number of sulfonamides is 2. The molecule has 0 aromatic heterocycles. The van der Waals surface area contributed by atoms with E-state index in [1.165, 1.54) is 18.5 Å². The number of ether oxygens (including phenoxy) is 2. The molecule has 0 atom stereocenters. The third-order valence-corrected chi connectivity index (χ3v) is 7.97. The van der Waals surface area contributed by atoms with E-state index in [1.54, 1.807) is 43.3 Å². The Morgan fingerprint density at radius 1 is 1.00 bits per heavy atom. The quantitative estimate of drug-likeness (QED) is 0.658. The van der Waals surface area contributed by atoms with Gasteiger partial charge in [0, 0.05) is 12.2 Å². The van der Waals surface area contributed by atoms with E-state index in [4.69, 9.17) is 9.47 Å². The first-order valence-electron chi connectivity index (χ1n) is 9.54. The smallest absolute Gasteiger partial charge is 0.236 e. The third kappa shape index (κ3) is 4.81. The molecule has 0 radical (unpaired) electrons. The summed E-state index contributed by atoms with van der Waals surface area (Å²) in [5.74, 6) is 0.761. The van der Waals surface area contributed by atoms with Crippen molar-refractivity contribution in [2.24, 2.45) is 0 Å². The SMILES string of the molecule is CCS(=O)(=O)N1CCCc2cc(NS(=O)(=O)Cc3ccc(OC)c(OC)c3)ccc21. The molecule has 10 heteroatoms. The average Bonchev–Trinajstić information content (AvgIpc) is 2.72. The highest BCUT2D eigenvalue weighted by molar-refractivity contribution is 7.92. The van der Waals surface area contributed by atoms with E-state index >= 15 is 0 Å². The fourth-order valence-electron chi connectivity index (χ4n) is 3.48. The van der Waals surface area contributed by atoms with Crippen LogP contribution in [0.15, 0.2) is 36.4 Å². The lowest BCUT2D eigenvalue weighted by molar-refractivity contribution is 0.354. The van der Waals surface area contributed by atoms with Crippen LogP contribution in [0.2, 0.25) is 0 Å². The van der Waals surface area contributed by atoms with E-state index in [1.807, 2.05) is 0 Å². The first kappa shape index (κ1) is 22.2. The molecule has 1 aliphatic rings. The zero-order valence-electron chi connectivity index (χ0n) is 17.2. The van der Waals surface area contributed by atoms with Gasteiger partial charge >= 0.3 is 0 Å². The van der Waals surface area contributed by atoms with Gasteiger partial charge in [-0.05, 0) is 61.2 Å². The van der Waals surface area contributed by atoms with Crippen molar-refractivity contribution in [1.29, 1.82) is 0 Å². The molecular formula is C20H26N2O6S2. The molecule has 164 valence electrons. The van der Waals surface area contributed by atoms with Crippen LogP contribution in [0.1, 0.15) is 24.5 Å².